The van der Waals surface area contributed by atoms with Crippen molar-refractivity contribution in [3.8, 4) is 0 Å². The van der Waals surface area contributed by atoms with Gasteiger partial charge in [-0.3, -0.25) is 4.79 Å². The van der Waals surface area contributed by atoms with Crippen molar-refractivity contribution in [3.63, 3.8) is 0 Å². The number of benzene rings is 2. The molecule has 2 aromatic rings. The minimum absolute atomic E-state index is 0.162. The molecule has 0 bridgehead atoms. The number of piperazine rings is 1. The van der Waals surface area contributed by atoms with E-state index in [9.17, 15) is 13.2 Å². The van der Waals surface area contributed by atoms with Gasteiger partial charge in [-0.1, -0.05) is 41.9 Å². The Balaban J connectivity index is 1.68. The Kier molecular flexibility index (Phi) is 8.05. The third kappa shape index (κ3) is 5.69. The van der Waals surface area contributed by atoms with Gasteiger partial charge in [-0.25, -0.2) is 8.42 Å². The van der Waals surface area contributed by atoms with Gasteiger partial charge in [-0.15, -0.1) is 0 Å². The summed E-state index contributed by atoms with van der Waals surface area (Å²) in [6.45, 7) is 2.34. The molecule has 3 rings (SSSR count). The zero-order chi connectivity index (χ0) is 21.6. The molecule has 1 heterocycles. The van der Waals surface area contributed by atoms with Gasteiger partial charge < -0.3 is 9.80 Å². The summed E-state index contributed by atoms with van der Waals surface area (Å²) in [5.74, 6) is 0.509. The van der Waals surface area contributed by atoms with Crippen LogP contribution in [0.1, 0.15) is 6.42 Å². The van der Waals surface area contributed by atoms with Crippen LogP contribution >= 0.6 is 23.4 Å². The summed E-state index contributed by atoms with van der Waals surface area (Å²) >= 11 is 7.88. The summed E-state index contributed by atoms with van der Waals surface area (Å²) in [6, 6.07) is 15.0. The molecular weight excluding hydrogens is 442 g/mol. The number of carbonyl (C=O) groups excluding carboxylic acids is 1. The second-order valence-electron chi connectivity index (χ2n) is 7.03. The van der Waals surface area contributed by atoms with Crippen LogP contribution in [0.3, 0.4) is 0 Å². The number of rotatable bonds is 8. The number of amides is 1. The summed E-state index contributed by atoms with van der Waals surface area (Å²) in [7, 11) is -3.77. The minimum atomic E-state index is -3.77. The predicted octanol–water partition coefficient (Wildman–Crippen LogP) is 3.09. The minimum Gasteiger partial charge on any atom is -0.367 e. The van der Waals surface area contributed by atoms with E-state index in [1.807, 2.05) is 30.5 Å². The number of carbonyl (C=O) groups is 1. The van der Waals surface area contributed by atoms with Crippen molar-refractivity contribution < 1.29 is 13.2 Å². The lowest BCUT2D eigenvalue weighted by atomic mass is 10.2. The molecule has 0 saturated carbocycles. The summed E-state index contributed by atoms with van der Waals surface area (Å²) < 4.78 is 28.1. The highest BCUT2D eigenvalue weighted by molar-refractivity contribution is 7.98. The molecule has 6 nitrogen and oxygen atoms in total. The molecule has 1 saturated heterocycles. The molecule has 162 valence electrons. The molecule has 2 aromatic carbocycles. The van der Waals surface area contributed by atoms with Crippen LogP contribution in [0.4, 0.5) is 5.69 Å². The number of thioether (sulfide) groups is 1. The molecule has 0 spiro atoms. The Morgan fingerprint density at radius 1 is 1.07 bits per heavy atom. The third-order valence-corrected chi connectivity index (χ3v) is 7.50. The first-order chi connectivity index (χ1) is 14.4. The number of nitrogens with zero attached hydrogens (tertiary/aromatic N) is 2. The van der Waals surface area contributed by atoms with Crippen LogP contribution in [0.25, 0.3) is 0 Å². The number of anilines is 1. The van der Waals surface area contributed by atoms with Gasteiger partial charge in [0.15, 0.2) is 0 Å². The molecule has 1 fully saturated rings. The normalized spacial score (nSPS) is 15.8. The lowest BCUT2D eigenvalue weighted by Gasteiger charge is -2.38. The average molecular weight is 468 g/mol. The van der Waals surface area contributed by atoms with Crippen molar-refractivity contribution in [3.05, 3.63) is 59.6 Å². The van der Waals surface area contributed by atoms with E-state index in [0.717, 1.165) is 5.69 Å². The van der Waals surface area contributed by atoms with Gasteiger partial charge in [0.05, 0.1) is 15.6 Å². The molecule has 30 heavy (non-hydrogen) atoms. The Morgan fingerprint density at radius 2 is 1.70 bits per heavy atom. The van der Waals surface area contributed by atoms with E-state index >= 15 is 0 Å². The van der Waals surface area contributed by atoms with Crippen molar-refractivity contribution in [1.29, 1.82) is 0 Å². The molecule has 0 aromatic heterocycles. The van der Waals surface area contributed by atoms with E-state index in [-0.39, 0.29) is 10.8 Å². The Bertz CT molecular complexity index is 949. The summed E-state index contributed by atoms with van der Waals surface area (Å²) in [6.07, 6.45) is 2.38. The molecule has 0 aliphatic carbocycles. The Hall–Kier alpha value is -1.74. The van der Waals surface area contributed by atoms with Crippen LogP contribution in [0.5, 0.6) is 0 Å². The maximum Gasteiger partial charge on any atom is 0.241 e. The molecule has 1 unspecified atom stereocenters. The first-order valence-electron chi connectivity index (χ1n) is 9.77. The number of hydrogen-bond acceptors (Lipinski definition) is 5. The fraction of sp³-hybridized carbons (Fsp3) is 0.381. The molecular formula is C21H26ClN3O3S2. The Morgan fingerprint density at radius 3 is 2.33 bits per heavy atom. The lowest BCUT2D eigenvalue weighted by molar-refractivity contribution is -0.133. The van der Waals surface area contributed by atoms with Crippen molar-refractivity contribution in [2.45, 2.75) is 17.4 Å². The zero-order valence-corrected chi connectivity index (χ0v) is 19.2. The van der Waals surface area contributed by atoms with Crippen molar-refractivity contribution in [2.75, 3.05) is 43.1 Å². The number of para-hydroxylation sites is 1. The second kappa shape index (κ2) is 10.5. The zero-order valence-electron chi connectivity index (χ0n) is 16.8. The van der Waals surface area contributed by atoms with Crippen molar-refractivity contribution in [2.24, 2.45) is 0 Å². The van der Waals surface area contributed by atoms with E-state index in [0.29, 0.717) is 43.4 Å². The smallest absolute Gasteiger partial charge is 0.241 e. The fourth-order valence-electron chi connectivity index (χ4n) is 3.42. The molecule has 1 aliphatic heterocycles. The van der Waals surface area contributed by atoms with E-state index < -0.39 is 16.1 Å². The highest BCUT2D eigenvalue weighted by atomic mass is 35.5. The van der Waals surface area contributed by atoms with Crippen LogP contribution in [-0.2, 0) is 14.8 Å². The molecule has 0 radical (unpaired) electrons. The van der Waals surface area contributed by atoms with E-state index in [1.54, 1.807) is 34.9 Å². The molecule has 9 heteroatoms. The van der Waals surface area contributed by atoms with E-state index in [4.69, 9.17) is 11.6 Å². The maximum absolute atomic E-state index is 13.2. The van der Waals surface area contributed by atoms with Crippen LogP contribution in [0.15, 0.2) is 59.5 Å². The quantitative estimate of drug-likeness (QED) is 0.646. The van der Waals surface area contributed by atoms with E-state index in [2.05, 4.69) is 9.62 Å². The molecule has 1 aliphatic rings. The van der Waals surface area contributed by atoms with E-state index in [1.165, 1.54) is 12.1 Å². The van der Waals surface area contributed by atoms with Gasteiger partial charge in [0, 0.05) is 26.2 Å². The number of nitrogens with one attached hydrogen (secondary N) is 1. The average Bonchev–Trinajstić information content (AvgIpc) is 2.77. The summed E-state index contributed by atoms with van der Waals surface area (Å²) in [5, 5.41) is 0.686. The van der Waals surface area contributed by atoms with Crippen molar-refractivity contribution >= 4 is 45.0 Å². The van der Waals surface area contributed by atoms with Gasteiger partial charge in [0.25, 0.3) is 0 Å². The monoisotopic (exact) mass is 467 g/mol. The maximum atomic E-state index is 13.2. The van der Waals surface area contributed by atoms with Crippen molar-refractivity contribution in [1.82, 2.24) is 9.62 Å². The summed E-state index contributed by atoms with van der Waals surface area (Å²) in [4.78, 5) is 17.2. The highest BCUT2D eigenvalue weighted by Crippen LogP contribution is 2.26. The van der Waals surface area contributed by atoms with Crippen LogP contribution in [0.2, 0.25) is 5.02 Å². The molecule has 1 atom stereocenters. The van der Waals surface area contributed by atoms with Gasteiger partial charge >= 0.3 is 0 Å². The standard InChI is InChI=1S/C21H26ClN3O3S2/c1-29-16-11-19(23-30(27,28)17-7-3-2-4-8-17)21(26)25-14-12-24(13-15-25)20-10-6-5-9-18(20)22/h2-10,19,23H,11-16H2,1H3. The first kappa shape index (κ1) is 22.9. The highest BCUT2D eigenvalue weighted by Gasteiger charge is 2.31. The first-order valence-corrected chi connectivity index (χ1v) is 13.0. The second-order valence-corrected chi connectivity index (χ2v) is 10.1. The van der Waals surface area contributed by atoms with Gasteiger partial charge in [0.1, 0.15) is 6.04 Å². The number of sulfonamides is 1. The lowest BCUT2D eigenvalue weighted by Crippen LogP contribution is -2.55. The SMILES string of the molecule is CSCCC(NS(=O)(=O)c1ccccc1)C(=O)N1CCN(c2ccccc2Cl)CC1. The molecule has 1 N–H and O–H groups in total. The largest absolute Gasteiger partial charge is 0.367 e. The predicted molar refractivity (Wildman–Crippen MR) is 124 cm³/mol. The van der Waals surface area contributed by atoms with Gasteiger partial charge in [-0.2, -0.15) is 16.5 Å². The van der Waals surface area contributed by atoms with Crippen LogP contribution in [-0.4, -0.2) is 63.5 Å². The molecule has 1 amide bonds. The topological polar surface area (TPSA) is 69.7 Å². The number of halogens is 1. The fourth-order valence-corrected chi connectivity index (χ4v) is 5.39. The Labute approximate surface area is 187 Å². The number of hydrogen-bond donors (Lipinski definition) is 1. The van der Waals surface area contributed by atoms with Crippen LogP contribution in [0, 0.1) is 0 Å². The summed E-state index contributed by atoms with van der Waals surface area (Å²) in [5.41, 5.74) is 0.954. The van der Waals surface area contributed by atoms with Gasteiger partial charge in [0.2, 0.25) is 15.9 Å². The van der Waals surface area contributed by atoms with Crippen LogP contribution < -0.4 is 9.62 Å². The van der Waals surface area contributed by atoms with Gasteiger partial charge in [-0.05, 0) is 42.7 Å². The third-order valence-electron chi connectivity index (χ3n) is 5.04.